The van der Waals surface area contributed by atoms with Gasteiger partial charge in [-0.05, 0) is 41.2 Å². The zero-order chi connectivity index (χ0) is 16.1. The van der Waals surface area contributed by atoms with Crippen molar-refractivity contribution in [2.45, 2.75) is 25.8 Å². The maximum absolute atomic E-state index is 12.1. The lowest BCUT2D eigenvalue weighted by molar-refractivity contribution is -0.131. The molecule has 1 atom stereocenters. The van der Waals surface area contributed by atoms with Crippen LogP contribution in [-0.4, -0.2) is 29.6 Å². The van der Waals surface area contributed by atoms with E-state index in [0.717, 1.165) is 35.1 Å². The highest BCUT2D eigenvalue weighted by Crippen LogP contribution is 2.51. The summed E-state index contributed by atoms with van der Waals surface area (Å²) >= 11 is 0. The molecule has 2 aliphatic rings. The first-order valence-corrected chi connectivity index (χ1v) is 7.90. The fraction of sp³-hybridized carbons (Fsp3) is 0.316. The van der Waals surface area contributed by atoms with Crippen molar-refractivity contribution in [1.29, 1.82) is 0 Å². The fourth-order valence-corrected chi connectivity index (χ4v) is 4.02. The molecule has 0 spiro atoms. The molecule has 1 aliphatic carbocycles. The van der Waals surface area contributed by atoms with E-state index in [4.69, 9.17) is 4.74 Å². The molecule has 0 fully saturated rings. The minimum Gasteiger partial charge on any atom is -0.504 e. The molecule has 2 aromatic rings. The van der Waals surface area contributed by atoms with Gasteiger partial charge in [-0.25, -0.2) is 0 Å². The Hall–Kier alpha value is -2.49. The van der Waals surface area contributed by atoms with Crippen molar-refractivity contribution in [3.05, 3.63) is 47.0 Å². The van der Waals surface area contributed by atoms with Crippen molar-refractivity contribution in [2.24, 2.45) is 0 Å². The average Bonchev–Trinajstić information content (AvgIpc) is 2.56. The third-order valence-corrected chi connectivity index (χ3v) is 5.05. The molecule has 4 heteroatoms. The summed E-state index contributed by atoms with van der Waals surface area (Å²) in [6, 6.07) is 10.0. The topological polar surface area (TPSA) is 49.8 Å². The van der Waals surface area contributed by atoms with Crippen LogP contribution < -0.4 is 4.74 Å². The Labute approximate surface area is 135 Å². The number of hydrogen-bond donors (Lipinski definition) is 1. The lowest BCUT2D eigenvalue weighted by Gasteiger charge is -2.41. The molecule has 4 nitrogen and oxygen atoms in total. The van der Waals surface area contributed by atoms with Crippen molar-refractivity contribution in [3.8, 4) is 22.6 Å². The van der Waals surface area contributed by atoms with Crippen LogP contribution in [0, 0.1) is 0 Å². The van der Waals surface area contributed by atoms with E-state index in [9.17, 15) is 9.90 Å². The van der Waals surface area contributed by atoms with Gasteiger partial charge >= 0.3 is 0 Å². The van der Waals surface area contributed by atoms with Gasteiger partial charge in [0, 0.05) is 19.0 Å². The van der Waals surface area contributed by atoms with Gasteiger partial charge in [0.05, 0.1) is 13.2 Å². The molecule has 0 saturated heterocycles. The zero-order valence-corrected chi connectivity index (χ0v) is 13.3. The monoisotopic (exact) mass is 309 g/mol. The zero-order valence-electron chi connectivity index (χ0n) is 13.3. The maximum Gasteiger partial charge on any atom is 0.219 e. The Kier molecular flexibility index (Phi) is 3.08. The second-order valence-electron chi connectivity index (χ2n) is 6.21. The summed E-state index contributed by atoms with van der Waals surface area (Å²) in [5.41, 5.74) is 5.29. The van der Waals surface area contributed by atoms with Gasteiger partial charge in [0.15, 0.2) is 11.5 Å². The van der Waals surface area contributed by atoms with E-state index in [2.05, 4.69) is 6.07 Å². The van der Waals surface area contributed by atoms with Crippen LogP contribution >= 0.6 is 0 Å². The third-order valence-electron chi connectivity index (χ3n) is 5.05. The average molecular weight is 309 g/mol. The minimum absolute atomic E-state index is 0.00189. The number of carbonyl (C=O) groups excluding carboxylic acids is 1. The second kappa shape index (κ2) is 5.01. The van der Waals surface area contributed by atoms with Gasteiger partial charge in [-0.15, -0.1) is 0 Å². The number of hydrogen-bond acceptors (Lipinski definition) is 3. The van der Waals surface area contributed by atoms with Gasteiger partial charge < -0.3 is 14.7 Å². The smallest absolute Gasteiger partial charge is 0.219 e. The molecule has 0 unspecified atom stereocenters. The first kappa shape index (κ1) is 14.1. The van der Waals surface area contributed by atoms with Gasteiger partial charge in [0.1, 0.15) is 0 Å². The number of phenols is 1. The number of carbonyl (C=O) groups is 1. The summed E-state index contributed by atoms with van der Waals surface area (Å²) in [6.07, 6.45) is 1.58. The summed E-state index contributed by atoms with van der Waals surface area (Å²) in [5.74, 6) is 0.764. The second-order valence-corrected chi connectivity index (χ2v) is 6.21. The highest BCUT2D eigenvalue weighted by molar-refractivity contribution is 5.84. The lowest BCUT2D eigenvalue weighted by Crippen LogP contribution is -2.41. The molecular formula is C19H19NO3. The number of fused-ring (bicyclic) bond motifs is 2. The van der Waals surface area contributed by atoms with Gasteiger partial charge in [0.25, 0.3) is 0 Å². The van der Waals surface area contributed by atoms with E-state index < -0.39 is 0 Å². The first-order valence-electron chi connectivity index (χ1n) is 7.90. The van der Waals surface area contributed by atoms with Gasteiger partial charge in [-0.1, -0.05) is 24.3 Å². The minimum atomic E-state index is -0.00189. The number of nitrogens with zero attached hydrogens (tertiary/aromatic N) is 1. The van der Waals surface area contributed by atoms with Crippen LogP contribution in [0.15, 0.2) is 30.3 Å². The Morgan fingerprint density at radius 2 is 2.09 bits per heavy atom. The summed E-state index contributed by atoms with van der Waals surface area (Å²) in [6.45, 7) is 2.33. The van der Waals surface area contributed by atoms with Crippen molar-refractivity contribution in [3.63, 3.8) is 0 Å². The van der Waals surface area contributed by atoms with Crippen LogP contribution in [0.25, 0.3) is 11.1 Å². The number of rotatable bonds is 1. The van der Waals surface area contributed by atoms with Crippen LogP contribution in [0.4, 0.5) is 0 Å². The largest absolute Gasteiger partial charge is 0.504 e. The van der Waals surface area contributed by atoms with Crippen LogP contribution in [-0.2, 0) is 17.6 Å². The van der Waals surface area contributed by atoms with Crippen LogP contribution in [0.2, 0.25) is 0 Å². The molecule has 2 aromatic carbocycles. The molecule has 1 aliphatic heterocycles. The number of ether oxygens (including phenoxy) is 1. The molecule has 0 radical (unpaired) electrons. The van der Waals surface area contributed by atoms with Crippen molar-refractivity contribution in [1.82, 2.24) is 4.90 Å². The first-order chi connectivity index (χ1) is 11.1. The van der Waals surface area contributed by atoms with E-state index in [1.807, 2.05) is 29.2 Å². The highest BCUT2D eigenvalue weighted by Gasteiger charge is 2.37. The van der Waals surface area contributed by atoms with E-state index in [1.54, 1.807) is 14.0 Å². The summed E-state index contributed by atoms with van der Waals surface area (Å²) in [5, 5.41) is 10.7. The lowest BCUT2D eigenvalue weighted by atomic mass is 9.76. The molecule has 1 N–H and O–H groups in total. The van der Waals surface area contributed by atoms with E-state index >= 15 is 0 Å². The normalized spacial score (nSPS) is 18.2. The molecule has 23 heavy (non-hydrogen) atoms. The van der Waals surface area contributed by atoms with Gasteiger partial charge in [-0.2, -0.15) is 0 Å². The number of phenolic OH excluding ortho intramolecular Hbond substituents is 1. The van der Waals surface area contributed by atoms with Crippen molar-refractivity contribution in [2.75, 3.05) is 13.7 Å². The van der Waals surface area contributed by atoms with E-state index in [0.29, 0.717) is 12.3 Å². The van der Waals surface area contributed by atoms with Crippen molar-refractivity contribution >= 4 is 5.91 Å². The van der Waals surface area contributed by atoms with Gasteiger partial charge in [-0.3, -0.25) is 4.79 Å². The Morgan fingerprint density at radius 1 is 1.30 bits per heavy atom. The predicted octanol–water partition coefficient (Wildman–Crippen LogP) is 3.07. The van der Waals surface area contributed by atoms with Crippen LogP contribution in [0.1, 0.15) is 29.7 Å². The Bertz CT molecular complexity index is 813. The van der Waals surface area contributed by atoms with Gasteiger partial charge in [0.2, 0.25) is 5.91 Å². The number of amides is 1. The molecule has 0 bridgehead atoms. The molecule has 118 valence electrons. The summed E-state index contributed by atoms with van der Waals surface area (Å²) in [4.78, 5) is 14.0. The molecule has 1 amide bonds. The highest BCUT2D eigenvalue weighted by atomic mass is 16.5. The quantitative estimate of drug-likeness (QED) is 0.881. The summed E-state index contributed by atoms with van der Waals surface area (Å²) < 4.78 is 5.37. The standard InChI is InChI=1S/C19H19NO3/c1-11(21)20-8-7-13-10-16(23-2)19(22)18-14-6-4-3-5-12(14)9-15(20)17(13)18/h3-6,10,15,22H,7-9H2,1-2H3/t15-/m1/s1. The Balaban J connectivity index is 2.04. The van der Waals surface area contributed by atoms with Crippen LogP contribution in [0.5, 0.6) is 11.5 Å². The molecule has 0 saturated carbocycles. The SMILES string of the molecule is COc1cc2c3c(c1O)-c1ccccc1C[C@H]3N(C(C)=O)CC2. The predicted molar refractivity (Wildman–Crippen MR) is 87.6 cm³/mol. The molecule has 1 heterocycles. The molecular weight excluding hydrogens is 290 g/mol. The third kappa shape index (κ3) is 1.94. The molecule has 4 rings (SSSR count). The number of methoxy groups -OCH3 is 1. The Morgan fingerprint density at radius 3 is 2.83 bits per heavy atom. The molecule has 0 aromatic heterocycles. The van der Waals surface area contributed by atoms with E-state index in [1.165, 1.54) is 5.56 Å². The maximum atomic E-state index is 12.1. The summed E-state index contributed by atoms with van der Waals surface area (Å²) in [7, 11) is 1.57. The number of aromatic hydroxyl groups is 1. The van der Waals surface area contributed by atoms with Crippen LogP contribution in [0.3, 0.4) is 0 Å². The fourth-order valence-electron chi connectivity index (χ4n) is 4.02. The van der Waals surface area contributed by atoms with E-state index in [-0.39, 0.29) is 17.7 Å². The number of benzene rings is 2. The van der Waals surface area contributed by atoms with Crippen molar-refractivity contribution < 1.29 is 14.6 Å².